The molecule has 0 radical (unpaired) electrons. The van der Waals surface area contributed by atoms with Crippen LogP contribution in [0.15, 0.2) is 0 Å². The third kappa shape index (κ3) is 6.76. The van der Waals surface area contributed by atoms with E-state index >= 15 is 0 Å². The van der Waals surface area contributed by atoms with Crippen molar-refractivity contribution in [2.24, 2.45) is 5.92 Å². The average molecular weight is 268 g/mol. The van der Waals surface area contributed by atoms with Crippen LogP contribution < -0.4 is 5.32 Å². The second kappa shape index (κ2) is 8.97. The van der Waals surface area contributed by atoms with Gasteiger partial charge < -0.3 is 10.2 Å². The van der Waals surface area contributed by atoms with Crippen molar-refractivity contribution in [2.75, 3.05) is 26.2 Å². The first-order chi connectivity index (χ1) is 9.15. The summed E-state index contributed by atoms with van der Waals surface area (Å²) in [5.41, 5.74) is 0.603. The third-order valence-electron chi connectivity index (χ3n) is 4.57. The van der Waals surface area contributed by atoms with Crippen molar-refractivity contribution in [3.63, 3.8) is 0 Å². The van der Waals surface area contributed by atoms with E-state index in [-0.39, 0.29) is 0 Å². The monoisotopic (exact) mass is 268 g/mol. The maximum Gasteiger partial charge on any atom is 0.0182 e. The molecule has 1 saturated heterocycles. The van der Waals surface area contributed by atoms with Crippen molar-refractivity contribution < 1.29 is 0 Å². The zero-order valence-corrected chi connectivity index (χ0v) is 13.8. The van der Waals surface area contributed by atoms with Crippen molar-refractivity contribution in [1.29, 1.82) is 0 Å². The van der Waals surface area contributed by atoms with E-state index in [9.17, 15) is 0 Å². The minimum Gasteiger partial charge on any atom is -0.311 e. The number of likely N-dealkylation sites (tertiary alicyclic amines) is 1. The zero-order chi connectivity index (χ0) is 14.1. The molecule has 1 atom stereocenters. The molecule has 1 heterocycles. The van der Waals surface area contributed by atoms with Crippen molar-refractivity contribution in [1.82, 2.24) is 10.2 Å². The number of hydrogen-bond acceptors (Lipinski definition) is 2. The van der Waals surface area contributed by atoms with E-state index in [4.69, 9.17) is 0 Å². The van der Waals surface area contributed by atoms with Crippen LogP contribution in [0.2, 0.25) is 0 Å². The lowest BCUT2D eigenvalue weighted by Crippen LogP contribution is -2.31. The Morgan fingerprint density at radius 1 is 1.16 bits per heavy atom. The summed E-state index contributed by atoms with van der Waals surface area (Å²) in [6, 6.07) is 0. The van der Waals surface area contributed by atoms with Gasteiger partial charge in [-0.15, -0.1) is 0 Å². The van der Waals surface area contributed by atoms with E-state index < -0.39 is 0 Å². The van der Waals surface area contributed by atoms with Gasteiger partial charge in [-0.25, -0.2) is 0 Å². The Balaban J connectivity index is 0.000000200. The molecule has 2 aliphatic rings. The molecule has 1 aliphatic carbocycles. The first-order valence-electron chi connectivity index (χ1n) is 8.63. The normalized spacial score (nSPS) is 24.9. The SMILES string of the molecule is CCCCC1(NCCC)CC1.CCN1CCC(C)C1. The van der Waals surface area contributed by atoms with Crippen molar-refractivity contribution in [2.45, 2.75) is 78.2 Å². The highest BCUT2D eigenvalue weighted by molar-refractivity contribution is 5.01. The van der Waals surface area contributed by atoms with E-state index in [1.54, 1.807) is 0 Å². The zero-order valence-electron chi connectivity index (χ0n) is 13.8. The van der Waals surface area contributed by atoms with Crippen LogP contribution in [0.1, 0.15) is 72.6 Å². The summed E-state index contributed by atoms with van der Waals surface area (Å²) in [5, 5.41) is 3.65. The molecule has 0 aromatic heterocycles. The fourth-order valence-electron chi connectivity index (χ4n) is 2.88. The quantitative estimate of drug-likeness (QED) is 0.749. The van der Waals surface area contributed by atoms with Crippen LogP contribution in [0.5, 0.6) is 0 Å². The molecule has 1 unspecified atom stereocenters. The molecule has 114 valence electrons. The molecule has 2 rings (SSSR count). The Labute approximate surface area is 121 Å². The molecular weight excluding hydrogens is 232 g/mol. The standard InChI is InChI=1S/C10H21N.C7H15N/c1-3-5-6-10(7-8-10)11-9-4-2;1-3-8-5-4-7(2)6-8/h11H,3-9H2,1-2H3;7H,3-6H2,1-2H3. The maximum atomic E-state index is 3.65. The fourth-order valence-corrected chi connectivity index (χ4v) is 2.88. The van der Waals surface area contributed by atoms with Gasteiger partial charge in [0, 0.05) is 12.1 Å². The lowest BCUT2D eigenvalue weighted by molar-refractivity contribution is 0.346. The molecule has 19 heavy (non-hydrogen) atoms. The summed E-state index contributed by atoms with van der Waals surface area (Å²) in [6.07, 6.45) is 9.68. The van der Waals surface area contributed by atoms with Crippen molar-refractivity contribution >= 4 is 0 Å². The maximum absolute atomic E-state index is 3.65. The predicted octanol–water partition coefficient (Wildman–Crippen LogP) is 4.06. The molecule has 0 aromatic rings. The van der Waals surface area contributed by atoms with E-state index in [2.05, 4.69) is 37.9 Å². The van der Waals surface area contributed by atoms with Crippen LogP contribution in [0.3, 0.4) is 0 Å². The molecular formula is C17H36N2. The van der Waals surface area contributed by atoms with Gasteiger partial charge in [-0.2, -0.15) is 0 Å². The van der Waals surface area contributed by atoms with Crippen LogP contribution in [-0.4, -0.2) is 36.6 Å². The summed E-state index contributed by atoms with van der Waals surface area (Å²) < 4.78 is 0. The molecule has 1 saturated carbocycles. The summed E-state index contributed by atoms with van der Waals surface area (Å²) >= 11 is 0. The van der Waals surface area contributed by atoms with E-state index in [1.165, 1.54) is 71.1 Å². The second-order valence-corrected chi connectivity index (χ2v) is 6.60. The summed E-state index contributed by atoms with van der Waals surface area (Å²) in [5.74, 6) is 0.954. The number of unbranched alkanes of at least 4 members (excludes halogenated alkanes) is 1. The van der Waals surface area contributed by atoms with Gasteiger partial charge in [0.25, 0.3) is 0 Å². The Kier molecular flexibility index (Phi) is 8.01. The largest absolute Gasteiger partial charge is 0.311 e. The highest BCUT2D eigenvalue weighted by Crippen LogP contribution is 2.39. The van der Waals surface area contributed by atoms with Gasteiger partial charge in [0.05, 0.1) is 0 Å². The van der Waals surface area contributed by atoms with Gasteiger partial charge in [-0.1, -0.05) is 40.5 Å². The van der Waals surface area contributed by atoms with Crippen molar-refractivity contribution in [3.8, 4) is 0 Å². The molecule has 2 fully saturated rings. The highest BCUT2D eigenvalue weighted by atomic mass is 15.1. The summed E-state index contributed by atoms with van der Waals surface area (Å²) in [6.45, 7) is 14.2. The Bertz CT molecular complexity index is 213. The van der Waals surface area contributed by atoms with E-state index in [1.807, 2.05) is 0 Å². The Morgan fingerprint density at radius 3 is 2.26 bits per heavy atom. The Morgan fingerprint density at radius 2 is 1.89 bits per heavy atom. The average Bonchev–Trinajstić information content (AvgIpc) is 3.08. The first-order valence-corrected chi connectivity index (χ1v) is 8.63. The molecule has 0 amide bonds. The van der Waals surface area contributed by atoms with Crippen LogP contribution in [0, 0.1) is 5.92 Å². The Hall–Kier alpha value is -0.0800. The van der Waals surface area contributed by atoms with Crippen LogP contribution in [0.25, 0.3) is 0 Å². The van der Waals surface area contributed by atoms with Gasteiger partial charge in [0.1, 0.15) is 0 Å². The van der Waals surface area contributed by atoms with E-state index in [0.717, 1.165) is 5.92 Å². The minimum absolute atomic E-state index is 0.603. The summed E-state index contributed by atoms with van der Waals surface area (Å²) in [4.78, 5) is 2.50. The number of nitrogens with one attached hydrogen (secondary N) is 1. The topological polar surface area (TPSA) is 15.3 Å². The third-order valence-corrected chi connectivity index (χ3v) is 4.57. The molecule has 1 aliphatic heterocycles. The molecule has 0 aromatic carbocycles. The lowest BCUT2D eigenvalue weighted by atomic mass is 10.1. The first kappa shape index (κ1) is 17.0. The minimum atomic E-state index is 0.603. The number of hydrogen-bond donors (Lipinski definition) is 1. The van der Waals surface area contributed by atoms with Crippen molar-refractivity contribution in [3.05, 3.63) is 0 Å². The molecule has 1 N–H and O–H groups in total. The van der Waals surface area contributed by atoms with Gasteiger partial charge in [-0.05, 0) is 57.7 Å². The molecule has 0 spiro atoms. The molecule has 0 bridgehead atoms. The smallest absolute Gasteiger partial charge is 0.0182 e. The van der Waals surface area contributed by atoms with E-state index in [0.29, 0.717) is 5.54 Å². The highest BCUT2D eigenvalue weighted by Gasteiger charge is 2.40. The molecule has 2 nitrogen and oxygen atoms in total. The van der Waals surface area contributed by atoms with Gasteiger partial charge in [0.15, 0.2) is 0 Å². The van der Waals surface area contributed by atoms with Crippen LogP contribution >= 0.6 is 0 Å². The summed E-state index contributed by atoms with van der Waals surface area (Å²) in [7, 11) is 0. The molecule has 2 heteroatoms. The number of rotatable bonds is 7. The van der Waals surface area contributed by atoms with Gasteiger partial charge in [0.2, 0.25) is 0 Å². The predicted molar refractivity (Wildman–Crippen MR) is 85.7 cm³/mol. The van der Waals surface area contributed by atoms with Gasteiger partial charge >= 0.3 is 0 Å². The second-order valence-electron chi connectivity index (χ2n) is 6.60. The van der Waals surface area contributed by atoms with Crippen LogP contribution in [0.4, 0.5) is 0 Å². The van der Waals surface area contributed by atoms with Gasteiger partial charge in [-0.3, -0.25) is 0 Å². The van der Waals surface area contributed by atoms with Crippen LogP contribution in [-0.2, 0) is 0 Å². The lowest BCUT2D eigenvalue weighted by Gasteiger charge is -2.15. The number of nitrogens with zero attached hydrogens (tertiary/aromatic N) is 1. The fraction of sp³-hybridized carbons (Fsp3) is 1.00.